The third-order valence-electron chi connectivity index (χ3n) is 0.167. The minimum absolute atomic E-state index is 0. The fourth-order valence-electron chi connectivity index (χ4n) is 0.0680. The van der Waals surface area contributed by atoms with E-state index >= 15 is 0 Å². The number of aliphatic hydroxyl groups is 1. The maximum atomic E-state index is 9.29. The van der Waals surface area contributed by atoms with Crippen molar-refractivity contribution in [3.63, 3.8) is 0 Å². The Labute approximate surface area is 81.6 Å². The topological polar surface area (TPSA) is 110 Å². The summed E-state index contributed by atoms with van der Waals surface area (Å²) in [4.78, 5) is 18.6. The summed E-state index contributed by atoms with van der Waals surface area (Å²) >= 11 is 0. The van der Waals surface area contributed by atoms with Crippen LogP contribution < -0.4 is 9.79 Å². The molecule has 9 heteroatoms. The van der Waals surface area contributed by atoms with Crippen LogP contribution in [-0.4, -0.2) is 34.8 Å². The predicted octanol–water partition coefficient (Wildman–Crippen LogP) is -1.88. The van der Waals surface area contributed by atoms with Gasteiger partial charge in [-0.25, -0.2) is 0 Å². The van der Waals surface area contributed by atoms with Crippen LogP contribution in [0.15, 0.2) is 0 Å². The largest absolute Gasteiger partial charge is 2.00 e. The van der Waals surface area contributed by atoms with Crippen molar-refractivity contribution >= 4 is 39.6 Å². The summed E-state index contributed by atoms with van der Waals surface area (Å²) in [6.07, 6.45) is 0. The summed E-state index contributed by atoms with van der Waals surface area (Å²) in [6, 6.07) is 0. The molecule has 11 heavy (non-hydrogen) atoms. The van der Waals surface area contributed by atoms with Gasteiger partial charge in [0.15, 0.2) is 0 Å². The molecule has 1 N–H and O–H groups in total. The number of aliphatic hydroxyl groups excluding tert-OH is 1. The molecule has 2 atom stereocenters. The van der Waals surface area contributed by atoms with Crippen molar-refractivity contribution < 1.29 is 28.3 Å². The molecule has 0 saturated carbocycles. The molecular formula is C2H8MgO6P2. The number of rotatable bonds is 2. The van der Waals surface area contributed by atoms with Gasteiger partial charge < -0.3 is 24.0 Å². The molecule has 0 aliphatic heterocycles. The second kappa shape index (κ2) is 13.6. The second-order valence-electron chi connectivity index (χ2n) is 0.918. The van der Waals surface area contributed by atoms with E-state index in [1.54, 1.807) is 6.92 Å². The molecule has 0 aromatic heterocycles. The first kappa shape index (κ1) is 18.0. The molecule has 0 radical (unpaired) electrons. The molecule has 0 saturated heterocycles. The van der Waals surface area contributed by atoms with Gasteiger partial charge in [-0.05, 0) is 6.92 Å². The van der Waals surface area contributed by atoms with Crippen molar-refractivity contribution in [2.45, 2.75) is 6.92 Å². The summed E-state index contributed by atoms with van der Waals surface area (Å²) in [5.41, 5.74) is 0. The van der Waals surface area contributed by atoms with Gasteiger partial charge in [-0.3, -0.25) is 4.31 Å². The Bertz CT molecular complexity index is 105. The van der Waals surface area contributed by atoms with Crippen molar-refractivity contribution in [2.75, 3.05) is 6.61 Å². The number of hydrogen-bond acceptors (Lipinski definition) is 6. The van der Waals surface area contributed by atoms with Gasteiger partial charge in [0.25, 0.3) is 0 Å². The fraction of sp³-hybridized carbons (Fsp3) is 1.00. The van der Waals surface area contributed by atoms with E-state index in [0.29, 0.717) is 0 Å². The van der Waals surface area contributed by atoms with Crippen LogP contribution >= 0.6 is 16.5 Å². The van der Waals surface area contributed by atoms with Crippen LogP contribution in [-0.2, 0) is 13.4 Å². The fourth-order valence-corrected chi connectivity index (χ4v) is 0.612. The zero-order chi connectivity index (χ0) is 8.57. The van der Waals surface area contributed by atoms with Gasteiger partial charge in [-0.2, -0.15) is 0 Å². The minimum Gasteiger partial charge on any atom is -0.781 e. The summed E-state index contributed by atoms with van der Waals surface area (Å²) in [5, 5.41) is 7.57. The normalized spacial score (nSPS) is 13.5. The quantitative estimate of drug-likeness (QED) is 0.425. The van der Waals surface area contributed by atoms with Crippen molar-refractivity contribution in [3.05, 3.63) is 0 Å². The Kier molecular flexibility index (Phi) is 22.3. The van der Waals surface area contributed by atoms with Crippen LogP contribution in [0, 0.1) is 0 Å². The molecule has 0 heterocycles. The van der Waals surface area contributed by atoms with E-state index in [1.165, 1.54) is 0 Å². The molecule has 6 nitrogen and oxygen atoms in total. The SMILES string of the molecule is CCO.O=[PH]([O-])O[PH](=O)[O-].[Mg+2]. The Hall–Kier alpha value is 1.07. The van der Waals surface area contributed by atoms with Gasteiger partial charge in [0.2, 0.25) is 0 Å². The number of hydrogen-bond donors (Lipinski definition) is 1. The van der Waals surface area contributed by atoms with Crippen LogP contribution in [0.25, 0.3) is 0 Å². The molecule has 0 rings (SSSR count). The molecule has 0 aromatic carbocycles. The van der Waals surface area contributed by atoms with E-state index in [2.05, 4.69) is 4.31 Å². The molecule has 0 fully saturated rings. The van der Waals surface area contributed by atoms with E-state index < -0.39 is 16.5 Å². The first-order valence-electron chi connectivity index (χ1n) is 2.25. The molecule has 0 aromatic rings. The Morgan fingerprint density at radius 1 is 1.36 bits per heavy atom. The molecule has 0 amide bonds. The molecule has 64 valence electrons. The van der Waals surface area contributed by atoms with Crippen LogP contribution in [0.1, 0.15) is 6.92 Å². The molecule has 0 spiro atoms. The Morgan fingerprint density at radius 2 is 1.55 bits per heavy atom. The third-order valence-corrected chi connectivity index (χ3v) is 1.50. The van der Waals surface area contributed by atoms with Crippen molar-refractivity contribution in [2.24, 2.45) is 0 Å². The summed E-state index contributed by atoms with van der Waals surface area (Å²) in [5.74, 6) is 0. The van der Waals surface area contributed by atoms with Crippen LogP contribution in [0.4, 0.5) is 0 Å². The van der Waals surface area contributed by atoms with Crippen LogP contribution in [0.3, 0.4) is 0 Å². The molecule has 2 unspecified atom stereocenters. The first-order chi connectivity index (χ1) is 4.54. The second-order valence-corrected chi connectivity index (χ2v) is 2.73. The monoisotopic (exact) mass is 214 g/mol. The smallest absolute Gasteiger partial charge is 0.781 e. The van der Waals surface area contributed by atoms with E-state index in [9.17, 15) is 18.9 Å². The summed E-state index contributed by atoms with van der Waals surface area (Å²) in [6.45, 7) is 1.93. The predicted molar refractivity (Wildman–Crippen MR) is 37.6 cm³/mol. The van der Waals surface area contributed by atoms with Gasteiger partial charge in [0.05, 0.1) is 0 Å². The zero-order valence-electron chi connectivity index (χ0n) is 5.90. The third kappa shape index (κ3) is 35.4. The van der Waals surface area contributed by atoms with E-state index in [4.69, 9.17) is 5.11 Å². The minimum atomic E-state index is -3.51. The van der Waals surface area contributed by atoms with Gasteiger partial charge >= 0.3 is 23.1 Å². The molecule has 0 bridgehead atoms. The van der Waals surface area contributed by atoms with Gasteiger partial charge in [-0.1, -0.05) is 0 Å². The van der Waals surface area contributed by atoms with E-state index in [-0.39, 0.29) is 29.7 Å². The average molecular weight is 214 g/mol. The van der Waals surface area contributed by atoms with Gasteiger partial charge in [0, 0.05) is 6.61 Å². The molecule has 0 aliphatic carbocycles. The molecule has 0 aliphatic rings. The Balaban J connectivity index is -0.000000140. The maximum Gasteiger partial charge on any atom is 2.00 e. The van der Waals surface area contributed by atoms with Gasteiger partial charge in [-0.15, -0.1) is 0 Å². The van der Waals surface area contributed by atoms with Crippen molar-refractivity contribution in [1.29, 1.82) is 0 Å². The maximum absolute atomic E-state index is 9.29. The first-order valence-corrected chi connectivity index (χ1v) is 4.70. The standard InChI is InChI=1S/C2H6O.Mg.H4O5P2/c1-2-3;;1-6(2)5-7(3)4/h3H,2H2,1H3;;6-7H,(H,1,2)(H,3,4)/q;+2;/p-2. The zero-order valence-corrected chi connectivity index (χ0v) is 9.32. The summed E-state index contributed by atoms with van der Waals surface area (Å²) < 4.78 is 21.8. The van der Waals surface area contributed by atoms with E-state index in [0.717, 1.165) is 0 Å². The Morgan fingerprint density at radius 3 is 1.55 bits per heavy atom. The summed E-state index contributed by atoms with van der Waals surface area (Å²) in [7, 11) is -7.03. The molecular weight excluding hydrogens is 206 g/mol. The van der Waals surface area contributed by atoms with Crippen LogP contribution in [0.2, 0.25) is 0 Å². The average Bonchev–Trinajstić information content (AvgIpc) is 1.62. The van der Waals surface area contributed by atoms with Crippen molar-refractivity contribution in [3.8, 4) is 0 Å². The van der Waals surface area contributed by atoms with E-state index in [1.807, 2.05) is 0 Å². The van der Waals surface area contributed by atoms with Gasteiger partial charge in [0.1, 0.15) is 16.5 Å². The van der Waals surface area contributed by atoms with Crippen molar-refractivity contribution in [1.82, 2.24) is 0 Å². The van der Waals surface area contributed by atoms with Crippen LogP contribution in [0.5, 0.6) is 0 Å².